The first-order chi connectivity index (χ1) is 15.1. The predicted molar refractivity (Wildman–Crippen MR) is 124 cm³/mol. The molecule has 1 aliphatic heterocycles. The van der Waals surface area contributed by atoms with E-state index in [2.05, 4.69) is 48.7 Å². The Morgan fingerprint density at radius 1 is 0.968 bits per heavy atom. The molecule has 0 atom stereocenters. The Hall–Kier alpha value is -3.47. The molecule has 0 saturated carbocycles. The number of hydrogen-bond acceptors (Lipinski definition) is 3. The number of aromatic nitrogens is 3. The molecule has 1 aliphatic rings. The van der Waals surface area contributed by atoms with Crippen LogP contribution < -0.4 is 4.90 Å². The molecule has 1 amide bonds. The van der Waals surface area contributed by atoms with Crippen molar-refractivity contribution in [1.29, 1.82) is 0 Å². The van der Waals surface area contributed by atoms with Gasteiger partial charge in [-0.1, -0.05) is 37.3 Å². The van der Waals surface area contributed by atoms with E-state index < -0.39 is 0 Å². The zero-order valence-corrected chi connectivity index (χ0v) is 18.2. The minimum atomic E-state index is 0.719. The highest BCUT2D eigenvalue weighted by Crippen LogP contribution is 2.35. The van der Waals surface area contributed by atoms with Crippen molar-refractivity contribution in [1.82, 2.24) is 14.5 Å². The van der Waals surface area contributed by atoms with E-state index in [4.69, 9.17) is 9.97 Å². The van der Waals surface area contributed by atoms with Crippen LogP contribution in [0.25, 0.3) is 11.2 Å². The van der Waals surface area contributed by atoms with E-state index in [1.807, 2.05) is 25.1 Å². The molecule has 4 aromatic rings. The molecule has 5 nitrogen and oxygen atoms in total. The lowest BCUT2D eigenvalue weighted by Gasteiger charge is -2.20. The monoisotopic (exact) mass is 410 g/mol. The fraction of sp³-hybridized carbons (Fsp3) is 0.269. The van der Waals surface area contributed by atoms with E-state index in [0.717, 1.165) is 71.8 Å². The van der Waals surface area contributed by atoms with Crippen LogP contribution in [0.3, 0.4) is 0 Å². The summed E-state index contributed by atoms with van der Waals surface area (Å²) in [5.41, 5.74) is 9.66. The molecule has 0 fully saturated rings. The van der Waals surface area contributed by atoms with Crippen LogP contribution in [-0.4, -0.2) is 20.9 Å². The largest absolute Gasteiger partial charge is 0.308 e. The first-order valence-corrected chi connectivity index (χ1v) is 10.9. The zero-order valence-electron chi connectivity index (χ0n) is 18.2. The van der Waals surface area contributed by atoms with Gasteiger partial charge >= 0.3 is 0 Å². The summed E-state index contributed by atoms with van der Waals surface area (Å²) < 4.78 is 2.24. The van der Waals surface area contributed by atoms with Crippen LogP contribution >= 0.6 is 0 Å². The van der Waals surface area contributed by atoms with Crippen molar-refractivity contribution in [2.75, 3.05) is 4.90 Å². The Morgan fingerprint density at radius 3 is 2.55 bits per heavy atom. The minimum Gasteiger partial charge on any atom is -0.308 e. The predicted octanol–water partition coefficient (Wildman–Crippen LogP) is 5.05. The third kappa shape index (κ3) is 3.30. The molecule has 31 heavy (non-hydrogen) atoms. The van der Waals surface area contributed by atoms with Gasteiger partial charge in [0.15, 0.2) is 5.65 Å². The lowest BCUT2D eigenvalue weighted by Crippen LogP contribution is -2.15. The number of rotatable bonds is 4. The fourth-order valence-electron chi connectivity index (χ4n) is 4.71. The topological polar surface area (TPSA) is 51.0 Å². The standard InChI is InChI=1S/C26H26N4O/c1-4-24-28-25-17(2)13-18(3)27-26(25)29(24)15-19-9-12-23-21(14-19)11-10-20-7-5-6-8-22(20)30(23)16-31/h5-9,12-14,16H,4,10-11,15H2,1-3H3. The van der Waals surface area contributed by atoms with E-state index in [0.29, 0.717) is 0 Å². The van der Waals surface area contributed by atoms with Gasteiger partial charge < -0.3 is 4.57 Å². The van der Waals surface area contributed by atoms with Crippen LogP contribution in [0.15, 0.2) is 48.5 Å². The van der Waals surface area contributed by atoms with Gasteiger partial charge in [0.1, 0.15) is 11.3 Å². The van der Waals surface area contributed by atoms with Crippen LogP contribution in [0.2, 0.25) is 0 Å². The number of fused-ring (bicyclic) bond motifs is 3. The smallest absolute Gasteiger partial charge is 0.218 e. The second-order valence-electron chi connectivity index (χ2n) is 8.29. The second-order valence-corrected chi connectivity index (χ2v) is 8.29. The Kier molecular flexibility index (Phi) is 4.81. The third-order valence-electron chi connectivity index (χ3n) is 6.18. The molecule has 0 bridgehead atoms. The lowest BCUT2D eigenvalue weighted by molar-refractivity contribution is -0.106. The lowest BCUT2D eigenvalue weighted by atomic mass is 10.0. The Balaban J connectivity index is 1.57. The van der Waals surface area contributed by atoms with Gasteiger partial charge in [-0.15, -0.1) is 0 Å². The van der Waals surface area contributed by atoms with Crippen LogP contribution in [0.4, 0.5) is 11.4 Å². The maximum atomic E-state index is 12.0. The molecule has 0 radical (unpaired) electrons. The maximum absolute atomic E-state index is 12.0. The summed E-state index contributed by atoms with van der Waals surface area (Å²) in [4.78, 5) is 23.4. The summed E-state index contributed by atoms with van der Waals surface area (Å²) in [6.07, 6.45) is 3.61. The summed E-state index contributed by atoms with van der Waals surface area (Å²) in [6.45, 7) is 6.98. The number of carbonyl (C=O) groups is 1. The Labute approximate surface area is 182 Å². The minimum absolute atomic E-state index is 0.719. The average Bonchev–Trinajstić information content (AvgIpc) is 3.03. The van der Waals surface area contributed by atoms with Crippen molar-refractivity contribution >= 4 is 28.9 Å². The number of anilines is 2. The molecule has 2 aromatic heterocycles. The van der Waals surface area contributed by atoms with Crippen LogP contribution in [-0.2, 0) is 30.6 Å². The number of carbonyl (C=O) groups excluding carboxylic acids is 1. The molecule has 2 aromatic carbocycles. The first kappa shape index (κ1) is 19.5. The summed E-state index contributed by atoms with van der Waals surface area (Å²) in [7, 11) is 0. The van der Waals surface area contributed by atoms with Gasteiger partial charge in [-0.3, -0.25) is 9.69 Å². The average molecular weight is 411 g/mol. The molecule has 0 N–H and O–H groups in total. The molecule has 5 heteroatoms. The fourth-order valence-corrected chi connectivity index (χ4v) is 4.71. The van der Waals surface area contributed by atoms with E-state index >= 15 is 0 Å². The summed E-state index contributed by atoms with van der Waals surface area (Å²) >= 11 is 0. The van der Waals surface area contributed by atoms with Crippen molar-refractivity contribution < 1.29 is 4.79 Å². The normalized spacial score (nSPS) is 13.1. The summed E-state index contributed by atoms with van der Waals surface area (Å²) in [5, 5.41) is 0. The Bertz CT molecular complexity index is 1300. The molecule has 0 aliphatic carbocycles. The van der Waals surface area contributed by atoms with Gasteiger partial charge in [0.2, 0.25) is 6.41 Å². The number of benzene rings is 2. The number of para-hydroxylation sites is 1. The molecule has 0 saturated heterocycles. The van der Waals surface area contributed by atoms with E-state index in [-0.39, 0.29) is 0 Å². The van der Waals surface area contributed by atoms with Crippen molar-refractivity contribution in [3.63, 3.8) is 0 Å². The van der Waals surface area contributed by atoms with Crippen molar-refractivity contribution in [3.05, 3.63) is 82.3 Å². The number of pyridine rings is 1. The van der Waals surface area contributed by atoms with Crippen LogP contribution in [0.1, 0.15) is 40.7 Å². The molecular weight excluding hydrogens is 384 g/mol. The molecule has 0 spiro atoms. The van der Waals surface area contributed by atoms with Gasteiger partial charge in [0.25, 0.3) is 0 Å². The van der Waals surface area contributed by atoms with E-state index in [9.17, 15) is 4.79 Å². The zero-order chi connectivity index (χ0) is 21.5. The highest BCUT2D eigenvalue weighted by atomic mass is 16.1. The number of imidazole rings is 1. The third-order valence-corrected chi connectivity index (χ3v) is 6.18. The van der Waals surface area contributed by atoms with Gasteiger partial charge in [0.05, 0.1) is 17.9 Å². The number of amides is 1. The molecular formula is C26H26N4O. The highest BCUT2D eigenvalue weighted by molar-refractivity contribution is 5.90. The molecule has 0 unspecified atom stereocenters. The number of hydrogen-bond donors (Lipinski definition) is 0. The van der Waals surface area contributed by atoms with Gasteiger partial charge in [-0.2, -0.15) is 0 Å². The summed E-state index contributed by atoms with van der Waals surface area (Å²) in [6, 6.07) is 16.7. The molecule has 156 valence electrons. The van der Waals surface area contributed by atoms with Crippen molar-refractivity contribution in [2.24, 2.45) is 0 Å². The quantitative estimate of drug-likeness (QED) is 0.442. The second kappa shape index (κ2) is 7.65. The highest BCUT2D eigenvalue weighted by Gasteiger charge is 2.21. The van der Waals surface area contributed by atoms with Crippen molar-refractivity contribution in [2.45, 2.75) is 46.6 Å². The SMILES string of the molecule is CCc1nc2c(C)cc(C)nc2n1Cc1ccc2c(c1)CCc1ccccc1N2C=O. The van der Waals surface area contributed by atoms with E-state index in [1.54, 1.807) is 4.90 Å². The Morgan fingerprint density at radius 2 is 1.74 bits per heavy atom. The summed E-state index contributed by atoms with van der Waals surface area (Å²) in [5.74, 6) is 1.05. The van der Waals surface area contributed by atoms with E-state index in [1.165, 1.54) is 16.7 Å². The molecule has 5 rings (SSSR count). The van der Waals surface area contributed by atoms with Gasteiger partial charge in [-0.25, -0.2) is 9.97 Å². The van der Waals surface area contributed by atoms with Crippen LogP contribution in [0, 0.1) is 13.8 Å². The van der Waals surface area contributed by atoms with Gasteiger partial charge in [0, 0.05) is 12.1 Å². The number of nitrogens with zero attached hydrogens (tertiary/aromatic N) is 4. The van der Waals surface area contributed by atoms with Gasteiger partial charge in [-0.05, 0) is 67.1 Å². The van der Waals surface area contributed by atoms with Crippen molar-refractivity contribution in [3.8, 4) is 0 Å². The van der Waals surface area contributed by atoms with Crippen LogP contribution in [0.5, 0.6) is 0 Å². The number of aryl methyl sites for hydroxylation is 5. The maximum Gasteiger partial charge on any atom is 0.218 e. The first-order valence-electron chi connectivity index (χ1n) is 10.9. The molecule has 3 heterocycles.